The summed E-state index contributed by atoms with van der Waals surface area (Å²) in [6.07, 6.45) is 0.0602. The fourth-order valence-electron chi connectivity index (χ4n) is 2.89. The van der Waals surface area contributed by atoms with E-state index < -0.39 is 0 Å². The molecule has 0 N–H and O–H groups in total. The van der Waals surface area contributed by atoms with Crippen LogP contribution >= 0.6 is 0 Å². The standard InChI is InChI=1S/C20H28N2O5/c1-14(2)27-16-8-6-15(7-9-16)17-18(20(24)21(3)19(17)23)22(10-12-25-4)11-13-26-5/h6-9,14H,10-13H2,1-5H3. The number of hydrogen-bond acceptors (Lipinski definition) is 6. The van der Waals surface area contributed by atoms with Crippen LogP contribution in [0.3, 0.4) is 0 Å². The van der Waals surface area contributed by atoms with Crippen LogP contribution in [0.2, 0.25) is 0 Å². The van der Waals surface area contributed by atoms with Gasteiger partial charge >= 0.3 is 0 Å². The quantitative estimate of drug-likeness (QED) is 0.580. The lowest BCUT2D eigenvalue weighted by atomic mass is 10.0. The molecule has 1 aliphatic heterocycles. The highest BCUT2D eigenvalue weighted by atomic mass is 16.5. The lowest BCUT2D eigenvalue weighted by molar-refractivity contribution is -0.136. The summed E-state index contributed by atoms with van der Waals surface area (Å²) < 4.78 is 16.0. The number of hydrogen-bond donors (Lipinski definition) is 0. The van der Waals surface area contributed by atoms with Crippen molar-refractivity contribution in [1.29, 1.82) is 0 Å². The Morgan fingerprint density at radius 3 is 2.00 bits per heavy atom. The Morgan fingerprint density at radius 1 is 0.963 bits per heavy atom. The van der Waals surface area contributed by atoms with Gasteiger partial charge in [-0.2, -0.15) is 0 Å². The van der Waals surface area contributed by atoms with Crippen LogP contribution in [-0.4, -0.2) is 75.3 Å². The van der Waals surface area contributed by atoms with Crippen LogP contribution in [0.15, 0.2) is 30.0 Å². The van der Waals surface area contributed by atoms with Crippen molar-refractivity contribution in [1.82, 2.24) is 9.80 Å². The van der Waals surface area contributed by atoms with Crippen molar-refractivity contribution in [2.75, 3.05) is 47.6 Å². The van der Waals surface area contributed by atoms with Crippen LogP contribution in [0.5, 0.6) is 5.75 Å². The summed E-state index contributed by atoms with van der Waals surface area (Å²) in [6, 6.07) is 7.24. The number of carbonyl (C=O) groups is 2. The van der Waals surface area contributed by atoms with Crippen LogP contribution in [0.4, 0.5) is 0 Å². The van der Waals surface area contributed by atoms with E-state index in [2.05, 4.69) is 0 Å². The van der Waals surface area contributed by atoms with Crippen LogP contribution in [0.25, 0.3) is 5.57 Å². The van der Waals surface area contributed by atoms with Crippen LogP contribution < -0.4 is 4.74 Å². The minimum absolute atomic E-state index is 0.0602. The van der Waals surface area contributed by atoms with Gasteiger partial charge in [-0.15, -0.1) is 0 Å². The average molecular weight is 376 g/mol. The molecule has 27 heavy (non-hydrogen) atoms. The van der Waals surface area contributed by atoms with E-state index in [1.807, 2.05) is 43.0 Å². The van der Waals surface area contributed by atoms with E-state index in [1.54, 1.807) is 14.2 Å². The highest BCUT2D eigenvalue weighted by Crippen LogP contribution is 2.31. The lowest BCUT2D eigenvalue weighted by Gasteiger charge is -2.25. The second-order valence-corrected chi connectivity index (χ2v) is 6.56. The van der Waals surface area contributed by atoms with Gasteiger partial charge in [0.1, 0.15) is 11.4 Å². The molecule has 2 amide bonds. The third kappa shape index (κ3) is 4.87. The molecule has 1 aliphatic rings. The summed E-state index contributed by atoms with van der Waals surface area (Å²) in [7, 11) is 4.70. The molecular weight excluding hydrogens is 348 g/mol. The molecule has 7 heteroatoms. The first kappa shape index (κ1) is 20.9. The Hall–Kier alpha value is -2.38. The van der Waals surface area contributed by atoms with Gasteiger partial charge in [0.25, 0.3) is 11.8 Å². The summed E-state index contributed by atoms with van der Waals surface area (Å²) >= 11 is 0. The third-order valence-corrected chi connectivity index (χ3v) is 4.22. The third-order valence-electron chi connectivity index (χ3n) is 4.22. The van der Waals surface area contributed by atoms with Crippen LogP contribution in [-0.2, 0) is 19.1 Å². The Kier molecular flexibility index (Phi) is 7.38. The molecule has 0 fully saturated rings. The maximum atomic E-state index is 12.8. The Balaban J connectivity index is 2.44. The van der Waals surface area contributed by atoms with Crippen molar-refractivity contribution >= 4 is 17.4 Å². The molecule has 0 spiro atoms. The van der Waals surface area contributed by atoms with Gasteiger partial charge in [-0.05, 0) is 31.5 Å². The Labute approximate surface area is 160 Å². The van der Waals surface area contributed by atoms with Gasteiger partial charge in [0, 0.05) is 34.4 Å². The Morgan fingerprint density at radius 2 is 1.52 bits per heavy atom. The maximum absolute atomic E-state index is 12.8. The minimum Gasteiger partial charge on any atom is -0.491 e. The number of carbonyl (C=O) groups excluding carboxylic acids is 2. The van der Waals surface area contributed by atoms with Crippen molar-refractivity contribution in [3.05, 3.63) is 35.5 Å². The second-order valence-electron chi connectivity index (χ2n) is 6.56. The van der Waals surface area contributed by atoms with Crippen molar-refractivity contribution in [3.63, 3.8) is 0 Å². The summed E-state index contributed by atoms with van der Waals surface area (Å²) in [5, 5.41) is 0. The van der Waals surface area contributed by atoms with Gasteiger partial charge < -0.3 is 19.1 Å². The smallest absolute Gasteiger partial charge is 0.277 e. The van der Waals surface area contributed by atoms with E-state index in [4.69, 9.17) is 14.2 Å². The number of methoxy groups -OCH3 is 2. The minimum atomic E-state index is -0.315. The molecule has 0 unspecified atom stereocenters. The van der Waals surface area contributed by atoms with Crippen molar-refractivity contribution in [2.24, 2.45) is 0 Å². The highest BCUT2D eigenvalue weighted by molar-refractivity contribution is 6.35. The molecule has 2 rings (SSSR count). The van der Waals surface area contributed by atoms with E-state index >= 15 is 0 Å². The van der Waals surface area contributed by atoms with Crippen LogP contribution in [0.1, 0.15) is 19.4 Å². The fraction of sp³-hybridized carbons (Fsp3) is 0.500. The van der Waals surface area contributed by atoms with Gasteiger partial charge in [-0.1, -0.05) is 12.1 Å². The zero-order valence-corrected chi connectivity index (χ0v) is 16.7. The van der Waals surface area contributed by atoms with Gasteiger partial charge in [0.05, 0.1) is 24.9 Å². The fourth-order valence-corrected chi connectivity index (χ4v) is 2.89. The van der Waals surface area contributed by atoms with Crippen molar-refractivity contribution < 1.29 is 23.8 Å². The molecule has 0 saturated carbocycles. The van der Waals surface area contributed by atoms with Crippen LogP contribution in [0, 0.1) is 0 Å². The molecule has 0 aromatic heterocycles. The van der Waals surface area contributed by atoms with E-state index in [-0.39, 0.29) is 17.9 Å². The molecule has 7 nitrogen and oxygen atoms in total. The molecule has 0 aliphatic carbocycles. The van der Waals surface area contributed by atoms with Gasteiger partial charge in [-0.25, -0.2) is 0 Å². The highest BCUT2D eigenvalue weighted by Gasteiger charge is 2.39. The molecule has 0 saturated heterocycles. The number of amides is 2. The Bertz CT molecular complexity index is 689. The summed E-state index contributed by atoms with van der Waals surface area (Å²) in [6.45, 7) is 5.75. The first-order chi connectivity index (χ1) is 12.9. The zero-order valence-electron chi connectivity index (χ0n) is 16.7. The SMILES string of the molecule is COCCN(CCOC)C1=C(c2ccc(OC(C)C)cc2)C(=O)N(C)C1=O. The monoisotopic (exact) mass is 376 g/mol. The lowest BCUT2D eigenvalue weighted by Crippen LogP contribution is -2.36. The van der Waals surface area contributed by atoms with E-state index in [1.165, 1.54) is 7.05 Å². The number of likely N-dealkylation sites (N-methyl/N-ethyl adjacent to an activating group) is 1. The normalized spacial score (nSPS) is 14.5. The number of benzene rings is 1. The summed E-state index contributed by atoms with van der Waals surface area (Å²) in [4.78, 5) is 28.5. The van der Waals surface area contributed by atoms with E-state index in [0.717, 1.165) is 10.6 Å². The number of ether oxygens (including phenoxy) is 3. The zero-order chi connectivity index (χ0) is 20.0. The topological polar surface area (TPSA) is 68.3 Å². The maximum Gasteiger partial charge on any atom is 0.277 e. The molecular formula is C20H28N2O5. The predicted molar refractivity (Wildman–Crippen MR) is 102 cm³/mol. The molecule has 0 atom stereocenters. The summed E-state index contributed by atoms with van der Waals surface area (Å²) in [5.74, 6) is 0.0914. The molecule has 1 aromatic rings. The largest absolute Gasteiger partial charge is 0.491 e. The van der Waals surface area contributed by atoms with Crippen molar-refractivity contribution in [3.8, 4) is 5.75 Å². The second kappa shape index (κ2) is 9.53. The van der Waals surface area contributed by atoms with Gasteiger partial charge in [0.2, 0.25) is 0 Å². The first-order valence-corrected chi connectivity index (χ1v) is 8.97. The molecule has 1 aromatic carbocycles. The van der Waals surface area contributed by atoms with E-state index in [0.29, 0.717) is 43.1 Å². The van der Waals surface area contributed by atoms with E-state index in [9.17, 15) is 9.59 Å². The molecule has 0 radical (unpaired) electrons. The van der Waals surface area contributed by atoms with Gasteiger partial charge in [0.15, 0.2) is 0 Å². The average Bonchev–Trinajstić information content (AvgIpc) is 2.86. The van der Waals surface area contributed by atoms with Crippen molar-refractivity contribution in [2.45, 2.75) is 20.0 Å². The number of nitrogens with zero attached hydrogens (tertiary/aromatic N) is 2. The molecule has 1 heterocycles. The number of rotatable bonds is 10. The first-order valence-electron chi connectivity index (χ1n) is 8.97. The van der Waals surface area contributed by atoms with Gasteiger partial charge in [-0.3, -0.25) is 14.5 Å². The molecule has 148 valence electrons. The summed E-state index contributed by atoms with van der Waals surface area (Å²) in [5.41, 5.74) is 1.46. The number of imide groups is 1. The molecule has 0 bridgehead atoms. The predicted octanol–water partition coefficient (Wildman–Crippen LogP) is 1.78.